The van der Waals surface area contributed by atoms with Crippen molar-refractivity contribution in [2.24, 2.45) is 0 Å². The summed E-state index contributed by atoms with van der Waals surface area (Å²) >= 11 is 5.90. The molecule has 0 bridgehead atoms. The Morgan fingerprint density at radius 2 is 2.05 bits per heavy atom. The van der Waals surface area contributed by atoms with Crippen molar-refractivity contribution in [3.8, 4) is 5.75 Å². The molecule has 0 radical (unpaired) electrons. The summed E-state index contributed by atoms with van der Waals surface area (Å²) in [4.78, 5) is 21.9. The molecule has 0 aliphatic rings. The monoisotopic (exact) mass is 320 g/mol. The highest BCUT2D eigenvalue weighted by Crippen LogP contribution is 2.26. The van der Waals surface area contributed by atoms with E-state index in [1.54, 1.807) is 6.07 Å². The molecule has 0 aliphatic carbocycles. The molecule has 0 saturated heterocycles. The van der Waals surface area contributed by atoms with Crippen molar-refractivity contribution in [2.75, 3.05) is 11.9 Å². The summed E-state index contributed by atoms with van der Waals surface area (Å²) in [6.07, 6.45) is 0. The van der Waals surface area contributed by atoms with Gasteiger partial charge in [-0.05, 0) is 24.6 Å². The van der Waals surface area contributed by atoms with E-state index in [1.165, 1.54) is 18.2 Å². The zero-order chi connectivity index (χ0) is 16.1. The van der Waals surface area contributed by atoms with Crippen LogP contribution in [0.3, 0.4) is 0 Å². The van der Waals surface area contributed by atoms with Crippen LogP contribution in [0.2, 0.25) is 5.02 Å². The number of aryl methyl sites for hydroxylation is 1. The van der Waals surface area contributed by atoms with Gasteiger partial charge in [0.15, 0.2) is 6.61 Å². The van der Waals surface area contributed by atoms with Gasteiger partial charge in [0.2, 0.25) is 0 Å². The number of carbonyl (C=O) groups excluding carboxylic acids is 1. The smallest absolute Gasteiger partial charge is 0.271 e. The number of nitrogens with one attached hydrogen (secondary N) is 1. The quantitative estimate of drug-likeness (QED) is 0.674. The molecular weight excluding hydrogens is 308 g/mol. The Hall–Kier alpha value is -2.60. The minimum absolute atomic E-state index is 0.0958. The largest absolute Gasteiger partial charge is 0.483 e. The average molecular weight is 321 g/mol. The number of para-hydroxylation sites is 1. The maximum atomic E-state index is 11.8. The third-order valence-electron chi connectivity index (χ3n) is 2.89. The molecule has 7 heteroatoms. The van der Waals surface area contributed by atoms with Gasteiger partial charge in [-0.2, -0.15) is 0 Å². The molecule has 1 N–H and O–H groups in total. The first kappa shape index (κ1) is 15.8. The first-order valence-electron chi connectivity index (χ1n) is 6.39. The maximum absolute atomic E-state index is 11.8. The Kier molecular flexibility index (Phi) is 4.95. The number of benzene rings is 2. The number of rotatable bonds is 5. The van der Waals surface area contributed by atoms with E-state index in [4.69, 9.17) is 16.3 Å². The molecule has 1 amide bonds. The molecule has 2 aromatic rings. The van der Waals surface area contributed by atoms with E-state index < -0.39 is 10.8 Å². The number of hydrogen-bond donors (Lipinski definition) is 1. The molecular formula is C15H13ClN2O4. The third kappa shape index (κ3) is 3.95. The summed E-state index contributed by atoms with van der Waals surface area (Å²) in [6.45, 7) is 1.69. The topological polar surface area (TPSA) is 81.5 Å². The van der Waals surface area contributed by atoms with Crippen molar-refractivity contribution in [1.29, 1.82) is 0 Å². The summed E-state index contributed by atoms with van der Waals surface area (Å²) in [5.41, 5.74) is 1.08. The second kappa shape index (κ2) is 6.91. The van der Waals surface area contributed by atoms with Crippen LogP contribution in [0, 0.1) is 17.0 Å². The highest BCUT2D eigenvalue weighted by molar-refractivity contribution is 6.34. The van der Waals surface area contributed by atoms with Gasteiger partial charge in [0.05, 0.1) is 15.6 Å². The van der Waals surface area contributed by atoms with Crippen molar-refractivity contribution in [3.63, 3.8) is 0 Å². The van der Waals surface area contributed by atoms with Crippen LogP contribution in [0.15, 0.2) is 42.5 Å². The van der Waals surface area contributed by atoms with E-state index in [1.807, 2.05) is 25.1 Å². The minimum Gasteiger partial charge on any atom is -0.483 e. The molecule has 0 atom stereocenters. The van der Waals surface area contributed by atoms with Crippen LogP contribution >= 0.6 is 11.6 Å². The van der Waals surface area contributed by atoms with Crippen molar-refractivity contribution in [2.45, 2.75) is 6.92 Å². The summed E-state index contributed by atoms with van der Waals surface area (Å²) in [5, 5.41) is 13.3. The number of ether oxygens (including phenoxy) is 1. The predicted molar refractivity (Wildman–Crippen MR) is 83.4 cm³/mol. The van der Waals surface area contributed by atoms with Gasteiger partial charge in [-0.3, -0.25) is 14.9 Å². The first-order chi connectivity index (χ1) is 10.5. The Bertz CT molecular complexity index is 718. The third-order valence-corrected chi connectivity index (χ3v) is 3.20. The lowest BCUT2D eigenvalue weighted by atomic mass is 10.2. The number of amides is 1. The summed E-state index contributed by atoms with van der Waals surface area (Å²) in [7, 11) is 0. The molecule has 2 aromatic carbocycles. The Labute approximate surface area is 131 Å². The van der Waals surface area contributed by atoms with Crippen LogP contribution in [-0.4, -0.2) is 17.4 Å². The predicted octanol–water partition coefficient (Wildman–Crippen LogP) is 3.57. The number of anilines is 1. The SMILES string of the molecule is Cc1ccccc1OCC(=O)Nc1ccc([N+](=O)[O-])cc1Cl. The van der Waals surface area contributed by atoms with Gasteiger partial charge in [0.25, 0.3) is 11.6 Å². The fourth-order valence-electron chi connectivity index (χ4n) is 1.77. The lowest BCUT2D eigenvalue weighted by molar-refractivity contribution is -0.384. The molecule has 0 aliphatic heterocycles. The first-order valence-corrected chi connectivity index (χ1v) is 6.77. The summed E-state index contributed by atoms with van der Waals surface area (Å²) in [6, 6.07) is 11.2. The Balaban J connectivity index is 1.98. The Morgan fingerprint density at radius 3 is 2.68 bits per heavy atom. The highest BCUT2D eigenvalue weighted by atomic mass is 35.5. The second-order valence-corrected chi connectivity index (χ2v) is 4.93. The molecule has 0 fully saturated rings. The molecule has 2 rings (SSSR count). The molecule has 22 heavy (non-hydrogen) atoms. The summed E-state index contributed by atoms with van der Waals surface area (Å²) < 4.78 is 5.41. The zero-order valence-electron chi connectivity index (χ0n) is 11.7. The van der Waals surface area contributed by atoms with Crippen molar-refractivity contribution in [3.05, 3.63) is 63.2 Å². The molecule has 0 unspecified atom stereocenters. The van der Waals surface area contributed by atoms with E-state index in [2.05, 4.69) is 5.32 Å². The van der Waals surface area contributed by atoms with Gasteiger partial charge in [-0.1, -0.05) is 29.8 Å². The van der Waals surface area contributed by atoms with Gasteiger partial charge in [-0.15, -0.1) is 0 Å². The molecule has 6 nitrogen and oxygen atoms in total. The number of halogens is 1. The number of carbonyl (C=O) groups is 1. The summed E-state index contributed by atoms with van der Waals surface area (Å²) in [5.74, 6) is 0.214. The number of non-ortho nitro benzene ring substituents is 1. The molecule has 0 saturated carbocycles. The molecule has 114 valence electrons. The van der Waals surface area contributed by atoms with Gasteiger partial charge in [-0.25, -0.2) is 0 Å². The van der Waals surface area contributed by atoms with Gasteiger partial charge >= 0.3 is 0 Å². The number of nitrogens with zero attached hydrogens (tertiary/aromatic N) is 1. The van der Waals surface area contributed by atoms with Crippen LogP contribution in [-0.2, 0) is 4.79 Å². The second-order valence-electron chi connectivity index (χ2n) is 4.52. The molecule has 0 spiro atoms. The number of nitro benzene ring substituents is 1. The zero-order valence-corrected chi connectivity index (χ0v) is 12.5. The lowest BCUT2D eigenvalue weighted by Crippen LogP contribution is -2.20. The normalized spacial score (nSPS) is 10.1. The maximum Gasteiger partial charge on any atom is 0.271 e. The van der Waals surface area contributed by atoms with Crippen LogP contribution in [0.5, 0.6) is 5.75 Å². The van der Waals surface area contributed by atoms with Crippen molar-refractivity contribution in [1.82, 2.24) is 0 Å². The Morgan fingerprint density at radius 1 is 1.32 bits per heavy atom. The van der Waals surface area contributed by atoms with E-state index in [-0.39, 0.29) is 17.3 Å². The van der Waals surface area contributed by atoms with Crippen LogP contribution in [0.1, 0.15) is 5.56 Å². The van der Waals surface area contributed by atoms with Gasteiger partial charge < -0.3 is 10.1 Å². The fourth-order valence-corrected chi connectivity index (χ4v) is 1.99. The van der Waals surface area contributed by atoms with Crippen molar-refractivity contribution >= 4 is 28.9 Å². The van der Waals surface area contributed by atoms with E-state index >= 15 is 0 Å². The average Bonchev–Trinajstić information content (AvgIpc) is 2.48. The lowest BCUT2D eigenvalue weighted by Gasteiger charge is -2.10. The van der Waals surface area contributed by atoms with E-state index in [0.29, 0.717) is 11.4 Å². The van der Waals surface area contributed by atoms with Gasteiger partial charge in [0.1, 0.15) is 5.75 Å². The highest BCUT2D eigenvalue weighted by Gasteiger charge is 2.12. The minimum atomic E-state index is -0.557. The molecule has 0 heterocycles. The van der Waals surface area contributed by atoms with Crippen LogP contribution in [0.25, 0.3) is 0 Å². The fraction of sp³-hybridized carbons (Fsp3) is 0.133. The standard InChI is InChI=1S/C15H13ClN2O4/c1-10-4-2-3-5-14(10)22-9-15(19)17-13-7-6-11(18(20)21)8-12(13)16/h2-8H,9H2,1H3,(H,17,19). The molecule has 0 aromatic heterocycles. The van der Waals surface area contributed by atoms with Crippen LogP contribution < -0.4 is 10.1 Å². The van der Waals surface area contributed by atoms with E-state index in [0.717, 1.165) is 5.56 Å². The van der Waals surface area contributed by atoms with E-state index in [9.17, 15) is 14.9 Å². The van der Waals surface area contributed by atoms with Crippen LogP contribution in [0.4, 0.5) is 11.4 Å². The van der Waals surface area contributed by atoms with Crippen molar-refractivity contribution < 1.29 is 14.5 Å². The number of hydrogen-bond acceptors (Lipinski definition) is 4. The number of nitro groups is 1. The van der Waals surface area contributed by atoms with Gasteiger partial charge in [0, 0.05) is 12.1 Å².